The van der Waals surface area contributed by atoms with Crippen molar-refractivity contribution in [3.8, 4) is 11.5 Å². The normalized spacial score (nSPS) is 23.8. The van der Waals surface area contributed by atoms with Crippen molar-refractivity contribution < 1.29 is 14.9 Å². The first-order valence-corrected chi connectivity index (χ1v) is 11.1. The molecule has 0 saturated carbocycles. The van der Waals surface area contributed by atoms with Gasteiger partial charge in [-0.1, -0.05) is 37.3 Å². The van der Waals surface area contributed by atoms with Gasteiger partial charge in [0.2, 0.25) is 0 Å². The van der Waals surface area contributed by atoms with Crippen LogP contribution in [0.2, 0.25) is 0 Å². The molecule has 3 atom stereocenters. The van der Waals surface area contributed by atoms with Crippen LogP contribution < -0.4 is 5.73 Å². The summed E-state index contributed by atoms with van der Waals surface area (Å²) in [6, 6.07) is 12.0. The molecule has 2 aromatic rings. The Bertz CT molecular complexity index is 877. The highest BCUT2D eigenvalue weighted by Gasteiger charge is 2.35. The second-order valence-corrected chi connectivity index (χ2v) is 9.00. The number of aryl methyl sites for hydroxylation is 1. The van der Waals surface area contributed by atoms with Crippen LogP contribution in [-0.2, 0) is 11.2 Å². The van der Waals surface area contributed by atoms with E-state index in [4.69, 9.17) is 10.5 Å². The highest BCUT2D eigenvalue weighted by atomic mass is 16.5. The SMILES string of the molecule is Cc1ccccc1C(C)CN1CCC([C@H]2Cc3c(ccc(O)c3O)[C@@H](CN)O2)CC1. The van der Waals surface area contributed by atoms with E-state index < -0.39 is 0 Å². The highest BCUT2D eigenvalue weighted by Crippen LogP contribution is 2.42. The molecule has 2 aliphatic rings. The molecule has 162 valence electrons. The van der Waals surface area contributed by atoms with Crippen molar-refractivity contribution in [2.24, 2.45) is 11.7 Å². The van der Waals surface area contributed by atoms with Crippen molar-refractivity contribution in [2.45, 2.75) is 51.2 Å². The highest BCUT2D eigenvalue weighted by molar-refractivity contribution is 5.51. The molecule has 0 aliphatic carbocycles. The number of rotatable bonds is 5. The van der Waals surface area contributed by atoms with Crippen LogP contribution in [0.15, 0.2) is 36.4 Å². The topological polar surface area (TPSA) is 79.0 Å². The molecule has 0 aromatic heterocycles. The number of piperidine rings is 1. The van der Waals surface area contributed by atoms with E-state index >= 15 is 0 Å². The van der Waals surface area contributed by atoms with Crippen LogP contribution >= 0.6 is 0 Å². The molecule has 0 amide bonds. The number of aromatic hydroxyl groups is 2. The van der Waals surface area contributed by atoms with Gasteiger partial charge in [-0.3, -0.25) is 0 Å². The Labute approximate surface area is 179 Å². The number of nitrogens with two attached hydrogens (primary N) is 1. The van der Waals surface area contributed by atoms with E-state index in [1.165, 1.54) is 17.2 Å². The van der Waals surface area contributed by atoms with E-state index in [1.807, 2.05) is 6.07 Å². The van der Waals surface area contributed by atoms with E-state index in [9.17, 15) is 10.2 Å². The van der Waals surface area contributed by atoms with Crippen molar-refractivity contribution in [1.29, 1.82) is 0 Å². The van der Waals surface area contributed by atoms with Gasteiger partial charge >= 0.3 is 0 Å². The minimum Gasteiger partial charge on any atom is -0.504 e. The largest absolute Gasteiger partial charge is 0.504 e. The molecular formula is C25H34N2O3. The molecular weight excluding hydrogens is 376 g/mol. The third kappa shape index (κ3) is 4.20. The predicted molar refractivity (Wildman–Crippen MR) is 119 cm³/mol. The van der Waals surface area contributed by atoms with E-state index in [2.05, 4.69) is 43.0 Å². The van der Waals surface area contributed by atoms with Gasteiger partial charge in [-0.2, -0.15) is 0 Å². The molecule has 0 bridgehead atoms. The Morgan fingerprint density at radius 1 is 1.13 bits per heavy atom. The molecule has 4 N–H and O–H groups in total. The average molecular weight is 411 g/mol. The van der Waals surface area contributed by atoms with Gasteiger partial charge in [0, 0.05) is 25.1 Å². The third-order valence-electron chi connectivity index (χ3n) is 7.01. The van der Waals surface area contributed by atoms with E-state index in [0.717, 1.165) is 43.6 Å². The summed E-state index contributed by atoms with van der Waals surface area (Å²) < 4.78 is 6.36. The molecule has 0 spiro atoms. The van der Waals surface area contributed by atoms with Crippen LogP contribution in [0.5, 0.6) is 11.5 Å². The molecule has 1 fully saturated rings. The first-order chi connectivity index (χ1) is 14.5. The molecule has 4 rings (SSSR count). The van der Waals surface area contributed by atoms with Gasteiger partial charge in [0.1, 0.15) is 0 Å². The number of benzene rings is 2. The van der Waals surface area contributed by atoms with Crippen LogP contribution in [0.1, 0.15) is 54.0 Å². The van der Waals surface area contributed by atoms with Crippen LogP contribution in [0, 0.1) is 12.8 Å². The fourth-order valence-electron chi connectivity index (χ4n) is 5.28. The van der Waals surface area contributed by atoms with Gasteiger partial charge in [-0.25, -0.2) is 0 Å². The Balaban J connectivity index is 1.38. The number of hydrogen-bond acceptors (Lipinski definition) is 5. The number of phenols is 2. The molecule has 2 heterocycles. The van der Waals surface area contributed by atoms with Gasteiger partial charge in [0.15, 0.2) is 11.5 Å². The summed E-state index contributed by atoms with van der Waals surface area (Å²) in [5.74, 6) is 0.884. The lowest BCUT2D eigenvalue weighted by molar-refractivity contribution is -0.0649. The summed E-state index contributed by atoms with van der Waals surface area (Å²) in [6.07, 6.45) is 2.62. The monoisotopic (exact) mass is 410 g/mol. The molecule has 5 nitrogen and oxygen atoms in total. The minimum atomic E-state index is -0.218. The van der Waals surface area contributed by atoms with Crippen molar-refractivity contribution in [3.05, 3.63) is 58.7 Å². The maximum absolute atomic E-state index is 10.4. The number of phenolic OH excluding ortho intramolecular Hbond substituents is 2. The average Bonchev–Trinajstić information content (AvgIpc) is 2.76. The summed E-state index contributed by atoms with van der Waals surface area (Å²) in [5.41, 5.74) is 10.5. The lowest BCUT2D eigenvalue weighted by Gasteiger charge is -2.41. The Morgan fingerprint density at radius 2 is 1.87 bits per heavy atom. The van der Waals surface area contributed by atoms with Crippen molar-refractivity contribution in [2.75, 3.05) is 26.2 Å². The van der Waals surface area contributed by atoms with E-state index in [-0.39, 0.29) is 23.7 Å². The lowest BCUT2D eigenvalue weighted by atomic mass is 9.83. The number of likely N-dealkylation sites (tertiary alicyclic amines) is 1. The van der Waals surface area contributed by atoms with Crippen LogP contribution in [-0.4, -0.2) is 47.4 Å². The second-order valence-electron chi connectivity index (χ2n) is 9.00. The molecule has 1 saturated heterocycles. The molecule has 1 unspecified atom stereocenters. The number of hydrogen-bond donors (Lipinski definition) is 3. The van der Waals surface area contributed by atoms with Crippen molar-refractivity contribution in [1.82, 2.24) is 4.90 Å². The number of nitrogens with zero attached hydrogens (tertiary/aromatic N) is 1. The zero-order valence-corrected chi connectivity index (χ0v) is 18.1. The summed E-state index contributed by atoms with van der Waals surface area (Å²) in [4.78, 5) is 2.56. The fourth-order valence-corrected chi connectivity index (χ4v) is 5.28. The van der Waals surface area contributed by atoms with Gasteiger partial charge in [-0.15, -0.1) is 0 Å². The summed E-state index contributed by atoms with van der Waals surface area (Å²) in [7, 11) is 0. The third-order valence-corrected chi connectivity index (χ3v) is 7.01. The Morgan fingerprint density at radius 3 is 2.57 bits per heavy atom. The molecule has 5 heteroatoms. The van der Waals surface area contributed by atoms with Crippen LogP contribution in [0.4, 0.5) is 0 Å². The minimum absolute atomic E-state index is 0.0104. The Hall–Kier alpha value is -2.08. The molecule has 2 aromatic carbocycles. The quantitative estimate of drug-likeness (QED) is 0.652. The molecule has 0 radical (unpaired) electrons. The molecule has 2 aliphatic heterocycles. The fraction of sp³-hybridized carbons (Fsp3) is 0.520. The van der Waals surface area contributed by atoms with Crippen molar-refractivity contribution in [3.63, 3.8) is 0 Å². The maximum Gasteiger partial charge on any atom is 0.161 e. The molecule has 30 heavy (non-hydrogen) atoms. The first kappa shape index (κ1) is 21.2. The van der Waals surface area contributed by atoms with Gasteiger partial charge in [0.05, 0.1) is 12.2 Å². The predicted octanol–water partition coefficient (Wildman–Crippen LogP) is 3.86. The van der Waals surface area contributed by atoms with E-state index in [0.29, 0.717) is 24.8 Å². The summed E-state index contributed by atoms with van der Waals surface area (Å²) in [5, 5.41) is 20.3. The van der Waals surface area contributed by atoms with E-state index in [1.54, 1.807) is 0 Å². The zero-order chi connectivity index (χ0) is 21.3. The summed E-state index contributed by atoms with van der Waals surface area (Å²) >= 11 is 0. The summed E-state index contributed by atoms with van der Waals surface area (Å²) in [6.45, 7) is 8.08. The lowest BCUT2D eigenvalue weighted by Crippen LogP contribution is -2.43. The number of ether oxygens (including phenoxy) is 1. The van der Waals surface area contributed by atoms with Crippen molar-refractivity contribution >= 4 is 0 Å². The Kier molecular flexibility index (Phi) is 6.32. The van der Waals surface area contributed by atoms with Crippen LogP contribution in [0.3, 0.4) is 0 Å². The van der Waals surface area contributed by atoms with Gasteiger partial charge in [-0.05, 0) is 67.4 Å². The zero-order valence-electron chi connectivity index (χ0n) is 18.1. The van der Waals surface area contributed by atoms with Crippen LogP contribution in [0.25, 0.3) is 0 Å². The maximum atomic E-state index is 10.4. The number of fused-ring (bicyclic) bond motifs is 1. The van der Waals surface area contributed by atoms with Gasteiger partial charge in [0.25, 0.3) is 0 Å². The standard InChI is InChI=1S/C25H34N2O3/c1-16-5-3-4-6-19(16)17(2)15-27-11-9-18(10-12-27)23-13-21-20(24(14-26)30-23)7-8-22(28)25(21)29/h3-8,17-18,23-24,28-29H,9-15,26H2,1-2H3/t17?,23-,24-/m1/s1. The first-order valence-electron chi connectivity index (χ1n) is 11.1. The second kappa shape index (κ2) is 8.96. The smallest absolute Gasteiger partial charge is 0.161 e. The van der Waals surface area contributed by atoms with Gasteiger partial charge < -0.3 is 25.6 Å².